The molecule has 5 aromatic rings. The normalized spacial score (nSPS) is 14.7. The summed E-state index contributed by atoms with van der Waals surface area (Å²) in [6.07, 6.45) is 22.4. The van der Waals surface area contributed by atoms with Crippen molar-refractivity contribution in [2.24, 2.45) is 0 Å². The molecule has 5 heteroatoms. The zero-order valence-electron chi connectivity index (χ0n) is 34.8. The van der Waals surface area contributed by atoms with Crippen molar-refractivity contribution >= 4 is 34.1 Å². The Morgan fingerprint density at radius 3 is 1.20 bits per heavy atom. The Labute approximate surface area is 359 Å². The molecule has 0 radical (unpaired) electrons. The number of allylic oxidation sites excluding steroid dienone is 1. The van der Waals surface area contributed by atoms with Crippen LogP contribution < -0.4 is 21.9 Å². The Morgan fingerprint density at radius 1 is 0.554 bits per heavy atom. The summed E-state index contributed by atoms with van der Waals surface area (Å²) < 4.78 is 10.2. The van der Waals surface area contributed by atoms with E-state index in [1.807, 2.05) is 12.1 Å². The van der Waals surface area contributed by atoms with E-state index in [0.717, 1.165) is 50.2 Å². The molecule has 4 aromatic carbocycles. The maximum Gasteiger partial charge on any atom is 0.285 e. The molecule has 2 heterocycles. The van der Waals surface area contributed by atoms with Crippen molar-refractivity contribution in [2.45, 2.75) is 124 Å². The first-order chi connectivity index (χ1) is 27.1. The predicted molar refractivity (Wildman–Crippen MR) is 239 cm³/mol. The van der Waals surface area contributed by atoms with Crippen LogP contribution in [0, 0.1) is 0 Å². The van der Waals surface area contributed by atoms with Crippen molar-refractivity contribution in [3.8, 4) is 5.95 Å². The van der Waals surface area contributed by atoms with Gasteiger partial charge >= 0.3 is 0 Å². The van der Waals surface area contributed by atoms with Gasteiger partial charge in [0.15, 0.2) is 0 Å². The molecule has 0 amide bonds. The van der Waals surface area contributed by atoms with Crippen molar-refractivity contribution < 1.29 is 40.5 Å². The average Bonchev–Trinajstić information content (AvgIpc) is 4.10. The van der Waals surface area contributed by atoms with Crippen molar-refractivity contribution in [1.29, 1.82) is 0 Å². The molecule has 1 aliphatic heterocycles. The Bertz CT molecular complexity index is 1500. The first-order valence-corrected chi connectivity index (χ1v) is 21.5. The number of hydrogen-bond donors (Lipinski definition) is 1. The number of aryl methyl sites for hydroxylation is 1. The second-order valence-electron chi connectivity index (χ2n) is 15.3. The third kappa shape index (κ3) is 15.5. The van der Waals surface area contributed by atoms with Crippen LogP contribution in [-0.4, -0.2) is 24.5 Å². The van der Waals surface area contributed by atoms with Crippen molar-refractivity contribution in [3.05, 3.63) is 144 Å². The summed E-state index contributed by atoms with van der Waals surface area (Å²) in [7, 11) is 0. The fourth-order valence-corrected chi connectivity index (χ4v) is 8.07. The summed E-state index contributed by atoms with van der Waals surface area (Å²) in [5.41, 5.74) is 7.55. The summed E-state index contributed by atoms with van der Waals surface area (Å²) in [5.74, 6) is 0.842. The van der Waals surface area contributed by atoms with E-state index >= 15 is 0 Å². The molecule has 0 bridgehead atoms. The Hall–Kier alpha value is -3.39. The van der Waals surface area contributed by atoms with E-state index in [-0.39, 0.29) is 32.1 Å². The van der Waals surface area contributed by atoms with E-state index in [9.17, 15) is 5.11 Å². The molecule has 1 aromatic heterocycles. The van der Waals surface area contributed by atoms with Gasteiger partial charge < -0.3 is 14.3 Å². The fourth-order valence-electron chi connectivity index (χ4n) is 8.07. The molecule has 0 spiro atoms. The van der Waals surface area contributed by atoms with Crippen molar-refractivity contribution in [2.75, 3.05) is 13.2 Å². The molecule has 0 atom stereocenters. The van der Waals surface area contributed by atoms with Gasteiger partial charge in [0.1, 0.15) is 11.9 Å². The van der Waals surface area contributed by atoms with Gasteiger partial charge in [-0.05, 0) is 44.7 Å². The molecule has 298 valence electrons. The van der Waals surface area contributed by atoms with Gasteiger partial charge in [-0.15, -0.1) is 0 Å². The van der Waals surface area contributed by atoms with Gasteiger partial charge in [0.2, 0.25) is 0 Å². The summed E-state index contributed by atoms with van der Waals surface area (Å²) in [6.45, 7) is 8.33. The second-order valence-corrected chi connectivity index (χ2v) is 15.3. The summed E-state index contributed by atoms with van der Waals surface area (Å²) in [5, 5.41) is 9.51. The molecule has 3 aliphatic rings. The molecule has 56 heavy (non-hydrogen) atoms. The van der Waals surface area contributed by atoms with E-state index in [0.29, 0.717) is 0 Å². The molecular formula is C51H68BO3Zr-. The van der Waals surface area contributed by atoms with Crippen LogP contribution in [0.4, 0.5) is 0 Å². The number of ether oxygens (including phenoxy) is 1. The zero-order valence-corrected chi connectivity index (χ0v) is 37.2. The van der Waals surface area contributed by atoms with Gasteiger partial charge in [-0.3, -0.25) is 0 Å². The quantitative estimate of drug-likeness (QED) is 0.151. The van der Waals surface area contributed by atoms with Gasteiger partial charge in [-0.1, -0.05) is 218 Å². The maximum atomic E-state index is 9.51. The molecule has 1 N–H and O–H groups in total. The Kier molecular flexibility index (Phi) is 23.6. The first-order valence-electron chi connectivity index (χ1n) is 21.5. The molecule has 0 unspecified atom stereocenters. The minimum Gasteiger partial charge on any atom is -0.480 e. The van der Waals surface area contributed by atoms with E-state index in [4.69, 9.17) is 9.15 Å². The molecule has 2 aliphatic carbocycles. The summed E-state index contributed by atoms with van der Waals surface area (Å²) in [4.78, 5) is 0. The van der Waals surface area contributed by atoms with Crippen LogP contribution in [0.1, 0.15) is 128 Å². The second kappa shape index (κ2) is 28.1. The van der Waals surface area contributed by atoms with Crippen LogP contribution in [0.3, 0.4) is 0 Å². The van der Waals surface area contributed by atoms with Gasteiger partial charge in [-0.2, -0.15) is 21.9 Å². The predicted octanol–water partition coefficient (Wildman–Crippen LogP) is 11.9. The SMILES string of the molecule is C1CCCC1.C1CCCC1.C1CCOC1.CCC/C(C)=C/c1cc(CCC)c(O)o1.[Zr].c1ccc([B-](c2ccccc2)(c2ccccc2)c2ccccc2)cc1. The molecule has 3 fully saturated rings. The van der Waals surface area contributed by atoms with E-state index < -0.39 is 6.15 Å². The third-order valence-electron chi connectivity index (χ3n) is 10.9. The van der Waals surface area contributed by atoms with Gasteiger partial charge in [0, 0.05) is 45.0 Å². The smallest absolute Gasteiger partial charge is 0.285 e. The topological polar surface area (TPSA) is 42.6 Å². The Balaban J connectivity index is 0.000000227. The van der Waals surface area contributed by atoms with Crippen LogP contribution in [0.2, 0.25) is 0 Å². The molecule has 1 saturated heterocycles. The van der Waals surface area contributed by atoms with Crippen molar-refractivity contribution in [3.63, 3.8) is 0 Å². The third-order valence-corrected chi connectivity index (χ3v) is 10.9. The molecule has 8 rings (SSSR count). The minimum atomic E-state index is -1.22. The van der Waals surface area contributed by atoms with Crippen molar-refractivity contribution in [1.82, 2.24) is 0 Å². The number of rotatable bonds is 9. The van der Waals surface area contributed by atoms with Crippen LogP contribution >= 0.6 is 0 Å². The van der Waals surface area contributed by atoms with Crippen LogP contribution in [-0.2, 0) is 37.4 Å². The first kappa shape index (κ1) is 47.0. The van der Waals surface area contributed by atoms with E-state index in [1.165, 1.54) is 104 Å². The largest absolute Gasteiger partial charge is 0.480 e. The van der Waals surface area contributed by atoms with Gasteiger partial charge in [0.05, 0.1) is 0 Å². The number of hydrogen-bond acceptors (Lipinski definition) is 3. The Morgan fingerprint density at radius 2 is 0.911 bits per heavy atom. The monoisotopic (exact) mass is 829 g/mol. The number of furan rings is 1. The maximum absolute atomic E-state index is 9.51. The van der Waals surface area contributed by atoms with Gasteiger partial charge in [-0.25, -0.2) is 0 Å². The number of aromatic hydroxyl groups is 1. The molecule has 2 saturated carbocycles. The molecular weight excluding hydrogens is 763 g/mol. The zero-order chi connectivity index (χ0) is 38.8. The fraction of sp³-hybridized carbons (Fsp3) is 0.412. The van der Waals surface area contributed by atoms with E-state index in [1.54, 1.807) is 0 Å². The molecule has 3 nitrogen and oxygen atoms in total. The van der Waals surface area contributed by atoms with Crippen LogP contribution in [0.25, 0.3) is 6.08 Å². The standard InChI is InChI=1S/C24H20B.C13H20O2.2C5H10.C4H8O.Zr/c1-5-13-21(14-6-1)25(22-15-7-2-8-16-22,23-17-9-3-10-18-23)24-19-11-4-12-20-24;1-4-6-10(3)8-12-9-11(7-5-2)13(14)15-12;3*1-2-4-5-3-1;/h1-20H;8-9,14H,4-7H2,1-3H3;2*1-5H2;1-4H2;/q-1;;;;;/b;10-8+;;;;. The summed E-state index contributed by atoms with van der Waals surface area (Å²) >= 11 is 0. The van der Waals surface area contributed by atoms with Crippen LogP contribution in [0.5, 0.6) is 5.95 Å². The minimum absolute atomic E-state index is 0. The van der Waals surface area contributed by atoms with E-state index in [2.05, 4.69) is 142 Å². The van der Waals surface area contributed by atoms with Crippen LogP contribution in [0.15, 0.2) is 137 Å². The average molecular weight is 831 g/mol. The summed E-state index contributed by atoms with van der Waals surface area (Å²) in [6, 6.07) is 45.5. The number of benzene rings is 4. The van der Waals surface area contributed by atoms with Gasteiger partial charge in [0.25, 0.3) is 5.95 Å².